The number of carbonyl (C=O) groups is 1. The first kappa shape index (κ1) is 23.9. The number of hydrogen-bond acceptors (Lipinski definition) is 9. The van der Waals surface area contributed by atoms with Crippen LogP contribution in [0.4, 0.5) is 0 Å². The summed E-state index contributed by atoms with van der Waals surface area (Å²) in [4.78, 5) is 23.6. The maximum Gasteiger partial charge on any atom is 0.302 e. The van der Waals surface area contributed by atoms with Gasteiger partial charge in [0.2, 0.25) is 0 Å². The van der Waals surface area contributed by atoms with Crippen LogP contribution in [0.15, 0.2) is 39.5 Å². The summed E-state index contributed by atoms with van der Waals surface area (Å²) in [6.45, 7) is 2.73. The van der Waals surface area contributed by atoms with Gasteiger partial charge in [0.15, 0.2) is 16.9 Å². The van der Waals surface area contributed by atoms with E-state index >= 15 is 0 Å². The highest BCUT2D eigenvalue weighted by molar-refractivity contribution is 5.86. The molecule has 0 spiro atoms. The van der Waals surface area contributed by atoms with E-state index in [9.17, 15) is 24.9 Å². The molecule has 0 radical (unpaired) electrons. The number of phenolic OH excluding ortho intramolecular Hbond substituents is 2. The van der Waals surface area contributed by atoms with Crippen LogP contribution in [0.1, 0.15) is 25.8 Å². The topological polar surface area (TPSA) is 136 Å². The molecule has 0 amide bonds. The van der Waals surface area contributed by atoms with Gasteiger partial charge in [-0.1, -0.05) is 13.3 Å². The molecule has 0 aliphatic heterocycles. The summed E-state index contributed by atoms with van der Waals surface area (Å²) in [5, 5.41) is 30.8. The number of aliphatic hydroxyl groups is 1. The van der Waals surface area contributed by atoms with Gasteiger partial charge in [0.25, 0.3) is 0 Å². The van der Waals surface area contributed by atoms with Crippen molar-refractivity contribution in [2.45, 2.75) is 32.8 Å². The zero-order valence-corrected chi connectivity index (χ0v) is 18.6. The number of benzene rings is 2. The van der Waals surface area contributed by atoms with Gasteiger partial charge in [-0.3, -0.25) is 9.59 Å². The Morgan fingerprint density at radius 1 is 1.15 bits per heavy atom. The third kappa shape index (κ3) is 5.38. The molecule has 0 bridgehead atoms. The summed E-state index contributed by atoms with van der Waals surface area (Å²) in [5.41, 5.74) is 0.698. The second-order valence-corrected chi connectivity index (χ2v) is 7.45. The van der Waals surface area contributed by atoms with Gasteiger partial charge in [0, 0.05) is 36.2 Å². The average Bonchev–Trinajstić information content (AvgIpc) is 2.77. The maximum absolute atomic E-state index is 12.8. The maximum atomic E-state index is 12.8. The molecule has 1 aromatic heterocycles. The number of phenols is 2. The van der Waals surface area contributed by atoms with Crippen LogP contribution in [0.5, 0.6) is 23.0 Å². The fraction of sp³-hybridized carbons (Fsp3) is 0.333. The first-order chi connectivity index (χ1) is 15.7. The zero-order chi connectivity index (χ0) is 24.1. The molecule has 3 rings (SSSR count). The van der Waals surface area contributed by atoms with E-state index in [4.69, 9.17) is 18.6 Å². The van der Waals surface area contributed by atoms with Gasteiger partial charge in [0.1, 0.15) is 47.5 Å². The molecule has 33 heavy (non-hydrogen) atoms. The lowest BCUT2D eigenvalue weighted by atomic mass is 9.98. The van der Waals surface area contributed by atoms with Crippen molar-refractivity contribution in [3.8, 4) is 34.3 Å². The normalized spacial score (nSPS) is 11.9. The number of rotatable bonds is 9. The van der Waals surface area contributed by atoms with Crippen molar-refractivity contribution in [3.05, 3.63) is 46.1 Å². The first-order valence-corrected chi connectivity index (χ1v) is 10.4. The van der Waals surface area contributed by atoms with Gasteiger partial charge < -0.3 is 33.9 Å². The lowest BCUT2D eigenvalue weighted by Crippen LogP contribution is -2.24. The van der Waals surface area contributed by atoms with Crippen molar-refractivity contribution in [2.75, 3.05) is 20.3 Å². The Labute approximate surface area is 189 Å². The molecule has 3 aromatic rings. The van der Waals surface area contributed by atoms with E-state index in [1.165, 1.54) is 32.2 Å². The molecule has 9 nitrogen and oxygen atoms in total. The molecule has 0 aliphatic rings. The number of methoxy groups -OCH3 is 1. The third-order valence-electron chi connectivity index (χ3n) is 4.94. The minimum absolute atomic E-state index is 0.0265. The molecule has 3 N–H and O–H groups in total. The van der Waals surface area contributed by atoms with E-state index < -0.39 is 17.5 Å². The minimum atomic E-state index is -1.08. The number of fused-ring (bicyclic) bond motifs is 1. The molecule has 9 heteroatoms. The smallest absolute Gasteiger partial charge is 0.302 e. The van der Waals surface area contributed by atoms with Crippen LogP contribution in [0.2, 0.25) is 0 Å². The summed E-state index contributed by atoms with van der Waals surface area (Å²) in [6.07, 6.45) is 0.179. The quantitative estimate of drug-likeness (QED) is 0.413. The highest BCUT2D eigenvalue weighted by Gasteiger charge is 2.19. The number of hydrogen-bond donors (Lipinski definition) is 3. The Balaban J connectivity index is 2.00. The van der Waals surface area contributed by atoms with E-state index in [1.807, 2.05) is 6.92 Å². The number of esters is 1. The second-order valence-electron chi connectivity index (χ2n) is 7.45. The zero-order valence-electron chi connectivity index (χ0n) is 18.6. The van der Waals surface area contributed by atoms with Crippen molar-refractivity contribution < 1.29 is 38.7 Å². The van der Waals surface area contributed by atoms with Crippen LogP contribution in [-0.2, 0) is 16.0 Å². The van der Waals surface area contributed by atoms with E-state index in [0.717, 1.165) is 6.42 Å². The Hall–Kier alpha value is -3.72. The van der Waals surface area contributed by atoms with Gasteiger partial charge in [0.05, 0.1) is 7.11 Å². The molecule has 2 aromatic carbocycles. The van der Waals surface area contributed by atoms with Gasteiger partial charge >= 0.3 is 5.97 Å². The summed E-state index contributed by atoms with van der Waals surface area (Å²) >= 11 is 0. The highest BCUT2D eigenvalue weighted by Crippen LogP contribution is 2.39. The largest absolute Gasteiger partial charge is 0.507 e. The van der Waals surface area contributed by atoms with Crippen LogP contribution < -0.4 is 14.9 Å². The summed E-state index contributed by atoms with van der Waals surface area (Å²) in [5.74, 6) is -0.233. The van der Waals surface area contributed by atoms with E-state index in [2.05, 4.69) is 0 Å². The fourth-order valence-electron chi connectivity index (χ4n) is 3.43. The SMILES string of the molecule is CCCc1c(-c2cc(=O)c3c(O)cc(OC[C@H](O)COC(C)=O)cc3o2)ccc(OC)c1O. The lowest BCUT2D eigenvalue weighted by molar-refractivity contribution is -0.144. The summed E-state index contributed by atoms with van der Waals surface area (Å²) in [7, 11) is 1.45. The third-order valence-corrected chi connectivity index (χ3v) is 4.94. The lowest BCUT2D eigenvalue weighted by Gasteiger charge is -2.15. The molecule has 1 heterocycles. The highest BCUT2D eigenvalue weighted by atomic mass is 16.5. The minimum Gasteiger partial charge on any atom is -0.507 e. The van der Waals surface area contributed by atoms with Gasteiger partial charge in [-0.15, -0.1) is 0 Å². The molecular formula is C24H26O9. The van der Waals surface area contributed by atoms with Crippen molar-refractivity contribution >= 4 is 16.9 Å². The van der Waals surface area contributed by atoms with Gasteiger partial charge in [-0.2, -0.15) is 0 Å². The van der Waals surface area contributed by atoms with Gasteiger partial charge in [-0.05, 0) is 18.6 Å². The average molecular weight is 458 g/mol. The Kier molecular flexibility index (Phi) is 7.44. The van der Waals surface area contributed by atoms with Crippen LogP contribution in [0.3, 0.4) is 0 Å². The predicted molar refractivity (Wildman–Crippen MR) is 120 cm³/mol. The predicted octanol–water partition coefficient (Wildman–Crippen LogP) is 3.14. The van der Waals surface area contributed by atoms with Crippen LogP contribution in [0, 0.1) is 0 Å². The summed E-state index contributed by atoms with van der Waals surface area (Å²) < 4.78 is 21.3. The monoisotopic (exact) mass is 458 g/mol. The molecular weight excluding hydrogens is 432 g/mol. The second kappa shape index (κ2) is 10.3. The molecule has 1 atom stereocenters. The standard InChI is InChI=1S/C24H26O9/c1-4-5-17-16(6-7-20(30-3)24(17)29)21-10-19(28)23-18(27)8-15(9-22(23)33-21)32-12-14(26)11-31-13(2)25/h6-10,14,26-27,29H,4-5,11-12H2,1-3H3/t14-/m1/s1. The molecule has 0 aliphatic carbocycles. The van der Waals surface area contributed by atoms with Crippen LogP contribution >= 0.6 is 0 Å². The Bertz CT molecular complexity index is 1210. The molecule has 0 fully saturated rings. The molecule has 0 unspecified atom stereocenters. The molecule has 176 valence electrons. The Morgan fingerprint density at radius 2 is 1.91 bits per heavy atom. The number of aliphatic hydroxyl groups excluding tert-OH is 1. The Morgan fingerprint density at radius 3 is 2.58 bits per heavy atom. The van der Waals surface area contributed by atoms with E-state index in [0.29, 0.717) is 23.3 Å². The van der Waals surface area contributed by atoms with Crippen LogP contribution in [0.25, 0.3) is 22.3 Å². The van der Waals surface area contributed by atoms with E-state index in [1.54, 1.807) is 12.1 Å². The number of ether oxygens (including phenoxy) is 3. The number of aromatic hydroxyl groups is 2. The van der Waals surface area contributed by atoms with Crippen molar-refractivity contribution in [1.29, 1.82) is 0 Å². The van der Waals surface area contributed by atoms with Gasteiger partial charge in [-0.25, -0.2) is 0 Å². The van der Waals surface area contributed by atoms with Crippen molar-refractivity contribution in [3.63, 3.8) is 0 Å². The first-order valence-electron chi connectivity index (χ1n) is 10.4. The van der Waals surface area contributed by atoms with Crippen LogP contribution in [-0.4, -0.2) is 47.7 Å². The summed E-state index contributed by atoms with van der Waals surface area (Å²) in [6, 6.07) is 7.18. The number of carbonyl (C=O) groups excluding carboxylic acids is 1. The van der Waals surface area contributed by atoms with Crippen molar-refractivity contribution in [1.82, 2.24) is 0 Å². The molecule has 0 saturated heterocycles. The fourth-order valence-corrected chi connectivity index (χ4v) is 3.43. The molecule has 0 saturated carbocycles. The van der Waals surface area contributed by atoms with Crippen molar-refractivity contribution in [2.24, 2.45) is 0 Å². The van der Waals surface area contributed by atoms with E-state index in [-0.39, 0.29) is 47.2 Å².